The Morgan fingerprint density at radius 2 is 2.00 bits per heavy atom. The van der Waals surface area contributed by atoms with E-state index in [9.17, 15) is 14.0 Å². The molecule has 19 heavy (non-hydrogen) atoms. The summed E-state index contributed by atoms with van der Waals surface area (Å²) in [6, 6.07) is 3.68. The number of nitrogen functional groups attached to an aromatic ring is 1. The third kappa shape index (κ3) is 1.99. The van der Waals surface area contributed by atoms with Crippen LogP contribution in [0.25, 0.3) is 0 Å². The highest BCUT2D eigenvalue weighted by molar-refractivity contribution is 6.23. The molecule has 2 rings (SSSR count). The van der Waals surface area contributed by atoms with Crippen LogP contribution in [0.3, 0.4) is 0 Å². The first-order valence-corrected chi connectivity index (χ1v) is 6.20. The maximum Gasteiger partial charge on any atom is 0.240 e. The maximum absolute atomic E-state index is 13.3. The monoisotopic (exact) mass is 264 g/mol. The topological polar surface area (TPSA) is 63.4 Å². The van der Waals surface area contributed by atoms with E-state index in [1.54, 1.807) is 6.92 Å². The van der Waals surface area contributed by atoms with Gasteiger partial charge < -0.3 is 5.73 Å². The van der Waals surface area contributed by atoms with Crippen molar-refractivity contribution in [3.63, 3.8) is 0 Å². The molecule has 4 nitrogen and oxygen atoms in total. The van der Waals surface area contributed by atoms with Crippen LogP contribution in [0.1, 0.15) is 27.2 Å². The van der Waals surface area contributed by atoms with Crippen LogP contribution in [0.4, 0.5) is 15.8 Å². The molecule has 0 bridgehead atoms. The number of amides is 2. The predicted molar refractivity (Wildman–Crippen MR) is 70.9 cm³/mol. The number of anilines is 2. The van der Waals surface area contributed by atoms with E-state index in [0.29, 0.717) is 0 Å². The van der Waals surface area contributed by atoms with Crippen LogP contribution in [0, 0.1) is 17.2 Å². The molecule has 0 saturated carbocycles. The highest BCUT2D eigenvalue weighted by atomic mass is 19.1. The van der Waals surface area contributed by atoms with Gasteiger partial charge in [0.05, 0.1) is 16.8 Å². The second-order valence-corrected chi connectivity index (χ2v) is 5.49. The number of carbonyl (C=O) groups is 2. The van der Waals surface area contributed by atoms with Gasteiger partial charge in [0, 0.05) is 12.5 Å². The number of rotatable bonds is 2. The molecule has 0 aliphatic carbocycles. The molecule has 1 heterocycles. The van der Waals surface area contributed by atoms with E-state index in [2.05, 4.69) is 0 Å². The lowest BCUT2D eigenvalue weighted by Crippen LogP contribution is -2.37. The average molecular weight is 264 g/mol. The van der Waals surface area contributed by atoms with Crippen LogP contribution in [-0.4, -0.2) is 11.8 Å². The summed E-state index contributed by atoms with van der Waals surface area (Å²) in [4.78, 5) is 25.6. The van der Waals surface area contributed by atoms with Crippen molar-refractivity contribution in [2.24, 2.45) is 11.3 Å². The van der Waals surface area contributed by atoms with E-state index in [4.69, 9.17) is 5.73 Å². The number of nitrogens with two attached hydrogens (primary N) is 1. The van der Waals surface area contributed by atoms with E-state index in [1.807, 2.05) is 13.8 Å². The van der Waals surface area contributed by atoms with Crippen molar-refractivity contribution < 1.29 is 14.0 Å². The van der Waals surface area contributed by atoms with Gasteiger partial charge in [-0.15, -0.1) is 0 Å². The Balaban J connectivity index is 2.49. The number of hydrogen-bond donors (Lipinski definition) is 1. The van der Waals surface area contributed by atoms with Crippen molar-refractivity contribution in [3.8, 4) is 0 Å². The minimum Gasteiger partial charge on any atom is -0.397 e. The summed E-state index contributed by atoms with van der Waals surface area (Å²) < 4.78 is 13.3. The fraction of sp³-hybridized carbons (Fsp3) is 0.429. The van der Waals surface area contributed by atoms with Crippen LogP contribution < -0.4 is 10.6 Å². The normalized spacial score (nSPS) is 23.5. The number of hydrogen-bond acceptors (Lipinski definition) is 3. The Morgan fingerprint density at radius 3 is 2.53 bits per heavy atom. The van der Waals surface area contributed by atoms with Gasteiger partial charge in [0.1, 0.15) is 5.82 Å². The highest BCUT2D eigenvalue weighted by Crippen LogP contribution is 2.42. The van der Waals surface area contributed by atoms with Crippen molar-refractivity contribution in [3.05, 3.63) is 24.0 Å². The smallest absolute Gasteiger partial charge is 0.240 e. The molecule has 1 saturated heterocycles. The van der Waals surface area contributed by atoms with E-state index in [0.717, 1.165) is 11.0 Å². The minimum absolute atomic E-state index is 0.0173. The van der Waals surface area contributed by atoms with Gasteiger partial charge in [-0.2, -0.15) is 0 Å². The van der Waals surface area contributed by atoms with Crippen LogP contribution in [0.15, 0.2) is 18.2 Å². The Labute approximate surface area is 111 Å². The van der Waals surface area contributed by atoms with Crippen LogP contribution >= 0.6 is 0 Å². The molecule has 5 heteroatoms. The van der Waals surface area contributed by atoms with Crippen molar-refractivity contribution in [1.29, 1.82) is 0 Å². The highest BCUT2D eigenvalue weighted by Gasteiger charge is 2.50. The number of benzene rings is 1. The molecule has 1 fully saturated rings. The fourth-order valence-corrected chi connectivity index (χ4v) is 2.24. The summed E-state index contributed by atoms with van der Waals surface area (Å²) in [6.45, 7) is 5.54. The molecule has 1 aromatic rings. The first-order valence-electron chi connectivity index (χ1n) is 6.20. The lowest BCUT2D eigenvalue weighted by Gasteiger charge is -2.26. The third-order valence-electron chi connectivity index (χ3n) is 3.97. The number of halogens is 1. The van der Waals surface area contributed by atoms with E-state index in [1.165, 1.54) is 12.1 Å². The van der Waals surface area contributed by atoms with E-state index in [-0.39, 0.29) is 35.5 Å². The van der Waals surface area contributed by atoms with Gasteiger partial charge in [-0.1, -0.05) is 13.8 Å². The lowest BCUT2D eigenvalue weighted by molar-refractivity contribution is -0.126. The standard InChI is InChI=1S/C14H17FN2O2/c1-8(2)14(3)7-12(18)17(13(14)19)11-6-9(15)4-5-10(11)16/h4-6,8H,7,16H2,1-3H3. The molecule has 102 valence electrons. The predicted octanol–water partition coefficient (Wildman–Crippen LogP) is 2.33. The van der Waals surface area contributed by atoms with Crippen LogP contribution in [0.2, 0.25) is 0 Å². The number of carbonyl (C=O) groups excluding carboxylic acids is 2. The number of imide groups is 1. The van der Waals surface area contributed by atoms with E-state index >= 15 is 0 Å². The molecule has 0 aromatic heterocycles. The Bertz CT molecular complexity index is 556. The van der Waals surface area contributed by atoms with Gasteiger partial charge in [-0.3, -0.25) is 9.59 Å². The Morgan fingerprint density at radius 1 is 1.37 bits per heavy atom. The minimum atomic E-state index is -0.754. The molecular weight excluding hydrogens is 247 g/mol. The molecule has 0 radical (unpaired) electrons. The average Bonchev–Trinajstić information content (AvgIpc) is 2.55. The van der Waals surface area contributed by atoms with Gasteiger partial charge in [-0.05, 0) is 25.0 Å². The van der Waals surface area contributed by atoms with Gasteiger partial charge in [0.15, 0.2) is 0 Å². The molecule has 2 amide bonds. The largest absolute Gasteiger partial charge is 0.397 e. The zero-order valence-electron chi connectivity index (χ0n) is 11.2. The molecular formula is C14H17FN2O2. The quantitative estimate of drug-likeness (QED) is 0.658. The zero-order chi connectivity index (χ0) is 14.4. The SMILES string of the molecule is CC(C)C1(C)CC(=O)N(c2cc(F)ccc2N)C1=O. The second-order valence-electron chi connectivity index (χ2n) is 5.49. The van der Waals surface area contributed by atoms with Gasteiger partial charge >= 0.3 is 0 Å². The first kappa shape index (κ1) is 13.5. The molecule has 1 atom stereocenters. The summed E-state index contributed by atoms with van der Waals surface area (Å²) in [5, 5.41) is 0. The summed E-state index contributed by atoms with van der Waals surface area (Å²) in [7, 11) is 0. The van der Waals surface area contributed by atoms with Crippen molar-refractivity contribution in [1.82, 2.24) is 0 Å². The third-order valence-corrected chi connectivity index (χ3v) is 3.97. The van der Waals surface area contributed by atoms with Gasteiger partial charge in [0.25, 0.3) is 0 Å². The van der Waals surface area contributed by atoms with Crippen molar-refractivity contribution in [2.45, 2.75) is 27.2 Å². The lowest BCUT2D eigenvalue weighted by atomic mass is 9.78. The van der Waals surface area contributed by atoms with Crippen molar-refractivity contribution >= 4 is 23.2 Å². The van der Waals surface area contributed by atoms with Crippen LogP contribution in [-0.2, 0) is 9.59 Å². The van der Waals surface area contributed by atoms with Gasteiger partial charge in [0.2, 0.25) is 11.8 Å². The zero-order valence-corrected chi connectivity index (χ0v) is 11.2. The molecule has 1 aliphatic rings. The molecule has 1 aliphatic heterocycles. The van der Waals surface area contributed by atoms with E-state index < -0.39 is 11.2 Å². The van der Waals surface area contributed by atoms with Crippen molar-refractivity contribution in [2.75, 3.05) is 10.6 Å². The molecule has 1 aromatic carbocycles. The maximum atomic E-state index is 13.3. The summed E-state index contributed by atoms with van der Waals surface area (Å²) in [5.74, 6) is -1.16. The molecule has 0 spiro atoms. The fourth-order valence-electron chi connectivity index (χ4n) is 2.24. The second kappa shape index (κ2) is 4.33. The first-order chi connectivity index (χ1) is 8.77. The molecule has 2 N–H and O–H groups in total. The summed E-state index contributed by atoms with van der Waals surface area (Å²) >= 11 is 0. The van der Waals surface area contributed by atoms with Crippen LogP contribution in [0.5, 0.6) is 0 Å². The number of nitrogens with zero attached hydrogens (tertiary/aromatic N) is 1. The van der Waals surface area contributed by atoms with Gasteiger partial charge in [-0.25, -0.2) is 9.29 Å². The molecule has 1 unspecified atom stereocenters. The summed E-state index contributed by atoms with van der Waals surface area (Å²) in [5.41, 5.74) is 5.35. The Kier molecular flexibility index (Phi) is 3.08. The summed E-state index contributed by atoms with van der Waals surface area (Å²) in [6.07, 6.45) is 0.124. The Hall–Kier alpha value is -1.91.